The van der Waals surface area contributed by atoms with Crippen molar-refractivity contribution >= 4 is 17.3 Å². The third-order valence-electron chi connectivity index (χ3n) is 3.78. The highest BCUT2D eigenvalue weighted by Crippen LogP contribution is 2.29. The second kappa shape index (κ2) is 8.83. The van der Waals surface area contributed by atoms with Crippen LogP contribution in [0.1, 0.15) is 17.4 Å². The van der Waals surface area contributed by atoms with E-state index in [9.17, 15) is 19.3 Å². The number of rotatable bonds is 8. The maximum absolute atomic E-state index is 12.9. The average molecular weight is 400 g/mol. The van der Waals surface area contributed by atoms with Gasteiger partial charge in [-0.2, -0.15) is 5.10 Å². The minimum absolute atomic E-state index is 0.00210. The summed E-state index contributed by atoms with van der Waals surface area (Å²) >= 11 is 0. The lowest BCUT2D eigenvalue weighted by Crippen LogP contribution is -2.15. The van der Waals surface area contributed by atoms with Crippen molar-refractivity contribution in [2.24, 2.45) is 0 Å². The topological polar surface area (TPSA) is 109 Å². The van der Waals surface area contributed by atoms with Gasteiger partial charge in [0.2, 0.25) is 0 Å². The van der Waals surface area contributed by atoms with Crippen LogP contribution in [0.2, 0.25) is 0 Å². The van der Waals surface area contributed by atoms with Gasteiger partial charge in [-0.25, -0.2) is 9.07 Å². The first-order chi connectivity index (χ1) is 14.0. The number of nitrogens with one attached hydrogen (secondary N) is 1. The Morgan fingerprint density at radius 2 is 1.90 bits per heavy atom. The Bertz CT molecular complexity index is 1020. The van der Waals surface area contributed by atoms with Gasteiger partial charge in [-0.15, -0.1) is 0 Å². The second-order valence-electron chi connectivity index (χ2n) is 5.79. The van der Waals surface area contributed by atoms with E-state index in [0.29, 0.717) is 18.1 Å². The van der Waals surface area contributed by atoms with Crippen LogP contribution in [0.25, 0.3) is 0 Å². The molecule has 0 aliphatic rings. The third-order valence-corrected chi connectivity index (χ3v) is 3.78. The van der Waals surface area contributed by atoms with Crippen molar-refractivity contribution in [3.63, 3.8) is 0 Å². The van der Waals surface area contributed by atoms with Crippen LogP contribution in [-0.4, -0.2) is 27.2 Å². The maximum Gasteiger partial charge on any atom is 0.296 e. The monoisotopic (exact) mass is 400 g/mol. The number of ether oxygens (including phenoxy) is 2. The average Bonchev–Trinajstić information content (AvgIpc) is 3.18. The molecule has 0 spiro atoms. The van der Waals surface area contributed by atoms with Gasteiger partial charge in [0.05, 0.1) is 17.6 Å². The Morgan fingerprint density at radius 3 is 2.59 bits per heavy atom. The summed E-state index contributed by atoms with van der Waals surface area (Å²) in [7, 11) is 0. The smallest absolute Gasteiger partial charge is 0.296 e. The molecule has 3 aromatic rings. The Balaban J connectivity index is 1.67. The van der Waals surface area contributed by atoms with Gasteiger partial charge in [0.15, 0.2) is 12.4 Å². The predicted octanol–water partition coefficient (Wildman–Crippen LogP) is 3.62. The molecule has 10 heteroatoms. The third kappa shape index (κ3) is 5.06. The van der Waals surface area contributed by atoms with Gasteiger partial charge in [0, 0.05) is 6.20 Å². The number of carbonyl (C=O) groups is 1. The number of hydrogen-bond donors (Lipinski definition) is 1. The molecule has 0 aliphatic carbocycles. The lowest BCUT2D eigenvalue weighted by Gasteiger charge is -2.08. The first-order valence-corrected chi connectivity index (χ1v) is 8.60. The fourth-order valence-corrected chi connectivity index (χ4v) is 2.44. The standard InChI is InChI=1S/C19H17FN4O5/c1-2-28-15-7-8-16(18(11-15)24(26)27)21-19(25)17-9-10-23(22-17)12-29-14-5-3-13(20)4-6-14/h3-11H,2,12H2,1H3,(H,21,25). The molecular weight excluding hydrogens is 383 g/mol. The van der Waals surface area contributed by atoms with Crippen molar-refractivity contribution in [3.8, 4) is 11.5 Å². The number of nitro groups is 1. The van der Waals surface area contributed by atoms with Crippen LogP contribution in [0.5, 0.6) is 11.5 Å². The van der Waals surface area contributed by atoms with Gasteiger partial charge in [-0.05, 0) is 49.4 Å². The SMILES string of the molecule is CCOc1ccc(NC(=O)c2ccn(COc3ccc(F)cc3)n2)c([N+](=O)[O-])c1. The Hall–Kier alpha value is -3.95. The van der Waals surface area contributed by atoms with E-state index in [1.807, 2.05) is 0 Å². The summed E-state index contributed by atoms with van der Waals surface area (Å²) in [6, 6.07) is 11.1. The molecule has 1 aromatic heterocycles. The fraction of sp³-hybridized carbons (Fsp3) is 0.158. The molecule has 0 aliphatic heterocycles. The summed E-state index contributed by atoms with van der Waals surface area (Å²) in [4.78, 5) is 23.1. The van der Waals surface area contributed by atoms with E-state index in [2.05, 4.69) is 10.4 Å². The largest absolute Gasteiger partial charge is 0.494 e. The van der Waals surface area contributed by atoms with Crippen molar-refractivity contribution in [2.75, 3.05) is 11.9 Å². The van der Waals surface area contributed by atoms with Crippen LogP contribution in [0, 0.1) is 15.9 Å². The second-order valence-corrected chi connectivity index (χ2v) is 5.79. The first-order valence-electron chi connectivity index (χ1n) is 8.60. The van der Waals surface area contributed by atoms with Gasteiger partial charge in [-0.1, -0.05) is 0 Å². The molecule has 0 saturated heterocycles. The Kier molecular flexibility index (Phi) is 6.03. The number of nitrogens with zero attached hydrogens (tertiary/aromatic N) is 3. The van der Waals surface area contributed by atoms with Crippen LogP contribution < -0.4 is 14.8 Å². The number of nitro benzene ring substituents is 1. The number of hydrogen-bond acceptors (Lipinski definition) is 6. The van der Waals surface area contributed by atoms with E-state index in [1.165, 1.54) is 59.4 Å². The molecule has 0 bridgehead atoms. The van der Waals surface area contributed by atoms with Gasteiger partial charge in [-0.3, -0.25) is 14.9 Å². The van der Waals surface area contributed by atoms with Crippen LogP contribution >= 0.6 is 0 Å². The molecule has 0 fully saturated rings. The molecule has 0 radical (unpaired) electrons. The van der Waals surface area contributed by atoms with Crippen molar-refractivity contribution in [2.45, 2.75) is 13.7 Å². The van der Waals surface area contributed by atoms with Crippen LogP contribution in [0.3, 0.4) is 0 Å². The van der Waals surface area contributed by atoms with E-state index in [4.69, 9.17) is 9.47 Å². The van der Waals surface area contributed by atoms with Crippen LogP contribution in [-0.2, 0) is 6.73 Å². The molecule has 1 N–H and O–H groups in total. The molecule has 2 aromatic carbocycles. The highest BCUT2D eigenvalue weighted by Gasteiger charge is 2.19. The van der Waals surface area contributed by atoms with E-state index >= 15 is 0 Å². The van der Waals surface area contributed by atoms with Crippen LogP contribution in [0.4, 0.5) is 15.8 Å². The van der Waals surface area contributed by atoms with E-state index < -0.39 is 10.8 Å². The number of carbonyl (C=O) groups excluding carboxylic acids is 1. The fourth-order valence-electron chi connectivity index (χ4n) is 2.44. The molecular formula is C19H17FN4O5. The number of anilines is 1. The quantitative estimate of drug-likeness (QED) is 0.457. The Labute approximate surface area is 164 Å². The number of amides is 1. The number of benzene rings is 2. The highest BCUT2D eigenvalue weighted by atomic mass is 19.1. The molecule has 3 rings (SSSR count). The van der Waals surface area contributed by atoms with Crippen molar-refractivity contribution in [1.82, 2.24) is 9.78 Å². The first kappa shape index (κ1) is 19.8. The van der Waals surface area contributed by atoms with Crippen molar-refractivity contribution < 1.29 is 23.6 Å². The number of aromatic nitrogens is 2. The molecule has 0 atom stereocenters. The molecule has 9 nitrogen and oxygen atoms in total. The highest BCUT2D eigenvalue weighted by molar-refractivity contribution is 6.04. The minimum Gasteiger partial charge on any atom is -0.494 e. The Morgan fingerprint density at radius 1 is 1.17 bits per heavy atom. The lowest BCUT2D eigenvalue weighted by atomic mass is 10.2. The molecule has 29 heavy (non-hydrogen) atoms. The summed E-state index contributed by atoms with van der Waals surface area (Å²) in [5, 5.41) is 17.8. The summed E-state index contributed by atoms with van der Waals surface area (Å²) < 4.78 is 25.0. The molecule has 0 unspecified atom stereocenters. The summed E-state index contributed by atoms with van der Waals surface area (Å²) in [6.07, 6.45) is 1.52. The van der Waals surface area contributed by atoms with E-state index in [0.717, 1.165) is 0 Å². The lowest BCUT2D eigenvalue weighted by molar-refractivity contribution is -0.384. The number of halogens is 1. The van der Waals surface area contributed by atoms with Gasteiger partial charge in [0.25, 0.3) is 11.6 Å². The zero-order chi connectivity index (χ0) is 20.8. The summed E-state index contributed by atoms with van der Waals surface area (Å²) in [5.41, 5.74) is -0.208. The maximum atomic E-state index is 12.9. The summed E-state index contributed by atoms with van der Waals surface area (Å²) in [5.74, 6) is -0.214. The molecule has 150 valence electrons. The van der Waals surface area contributed by atoms with Crippen LogP contribution in [0.15, 0.2) is 54.7 Å². The zero-order valence-corrected chi connectivity index (χ0v) is 15.4. The molecule has 1 heterocycles. The van der Waals surface area contributed by atoms with E-state index in [-0.39, 0.29) is 29.6 Å². The zero-order valence-electron chi connectivity index (χ0n) is 15.4. The van der Waals surface area contributed by atoms with E-state index in [1.54, 1.807) is 6.92 Å². The predicted molar refractivity (Wildman–Crippen MR) is 101 cm³/mol. The molecule has 0 saturated carbocycles. The van der Waals surface area contributed by atoms with Gasteiger partial charge in [0.1, 0.15) is 23.0 Å². The summed E-state index contributed by atoms with van der Waals surface area (Å²) in [6.45, 7) is 2.13. The van der Waals surface area contributed by atoms with Crippen molar-refractivity contribution in [1.29, 1.82) is 0 Å². The van der Waals surface area contributed by atoms with Gasteiger partial charge < -0.3 is 14.8 Å². The van der Waals surface area contributed by atoms with Gasteiger partial charge >= 0.3 is 0 Å². The normalized spacial score (nSPS) is 10.4. The minimum atomic E-state index is -0.613. The molecule has 1 amide bonds. The van der Waals surface area contributed by atoms with Crippen molar-refractivity contribution in [3.05, 3.63) is 76.4 Å².